The molecule has 130 valence electrons. The van der Waals surface area contributed by atoms with Crippen LogP contribution in [0, 0.1) is 0 Å². The summed E-state index contributed by atoms with van der Waals surface area (Å²) < 4.78 is 2.13. The molecular formula is C21H21N5. The molecule has 0 saturated heterocycles. The SMILES string of the molecule is CC1=NCc2ccc(CN3CCn4nc(-c5ccccn5)cc4C3)cc21. The highest BCUT2D eigenvalue weighted by atomic mass is 15.3. The van der Waals surface area contributed by atoms with Gasteiger partial charge in [-0.2, -0.15) is 5.10 Å². The van der Waals surface area contributed by atoms with E-state index in [2.05, 4.69) is 50.7 Å². The van der Waals surface area contributed by atoms with Crippen LogP contribution in [0.3, 0.4) is 0 Å². The van der Waals surface area contributed by atoms with E-state index in [0.29, 0.717) is 0 Å². The molecule has 0 radical (unpaired) electrons. The maximum absolute atomic E-state index is 4.73. The predicted octanol–water partition coefficient (Wildman–Crippen LogP) is 3.28. The average Bonchev–Trinajstić information content (AvgIpc) is 3.26. The van der Waals surface area contributed by atoms with E-state index >= 15 is 0 Å². The Labute approximate surface area is 153 Å². The molecule has 0 amide bonds. The van der Waals surface area contributed by atoms with Crippen LogP contribution in [-0.2, 0) is 26.2 Å². The van der Waals surface area contributed by atoms with Gasteiger partial charge in [0.15, 0.2) is 0 Å². The van der Waals surface area contributed by atoms with E-state index in [1.807, 2.05) is 24.4 Å². The van der Waals surface area contributed by atoms with Gasteiger partial charge in [-0.25, -0.2) is 0 Å². The predicted molar refractivity (Wildman–Crippen MR) is 102 cm³/mol. The van der Waals surface area contributed by atoms with Crippen LogP contribution in [0.25, 0.3) is 11.4 Å². The number of aliphatic imine (C=N–C) groups is 1. The lowest BCUT2D eigenvalue weighted by Crippen LogP contribution is -2.33. The van der Waals surface area contributed by atoms with E-state index in [0.717, 1.165) is 44.1 Å². The van der Waals surface area contributed by atoms with Crippen molar-refractivity contribution in [1.29, 1.82) is 0 Å². The van der Waals surface area contributed by atoms with Crippen LogP contribution in [0.15, 0.2) is 53.7 Å². The number of hydrogen-bond acceptors (Lipinski definition) is 4. The molecule has 0 N–H and O–H groups in total. The van der Waals surface area contributed by atoms with Crippen LogP contribution >= 0.6 is 0 Å². The van der Waals surface area contributed by atoms with Crippen LogP contribution in [0.4, 0.5) is 0 Å². The van der Waals surface area contributed by atoms with Crippen molar-refractivity contribution in [2.45, 2.75) is 33.1 Å². The second-order valence-corrected chi connectivity index (χ2v) is 7.06. The van der Waals surface area contributed by atoms with E-state index in [1.54, 1.807) is 0 Å². The first-order valence-electron chi connectivity index (χ1n) is 9.10. The first kappa shape index (κ1) is 15.5. The highest BCUT2D eigenvalue weighted by Crippen LogP contribution is 2.24. The van der Waals surface area contributed by atoms with Gasteiger partial charge in [-0.1, -0.05) is 18.2 Å². The van der Waals surface area contributed by atoms with Crippen LogP contribution in [0.1, 0.15) is 29.3 Å². The fourth-order valence-electron chi connectivity index (χ4n) is 3.84. The summed E-state index contributed by atoms with van der Waals surface area (Å²) in [5.41, 5.74) is 8.36. The van der Waals surface area contributed by atoms with Gasteiger partial charge in [0.1, 0.15) is 5.69 Å². The quantitative estimate of drug-likeness (QED) is 0.733. The van der Waals surface area contributed by atoms with Crippen LogP contribution in [0.5, 0.6) is 0 Å². The van der Waals surface area contributed by atoms with Gasteiger partial charge in [0.2, 0.25) is 0 Å². The topological polar surface area (TPSA) is 46.3 Å². The number of aromatic nitrogens is 3. The van der Waals surface area contributed by atoms with Gasteiger partial charge in [0.25, 0.3) is 0 Å². The van der Waals surface area contributed by atoms with Crippen molar-refractivity contribution in [3.05, 3.63) is 71.0 Å². The van der Waals surface area contributed by atoms with E-state index < -0.39 is 0 Å². The molecule has 2 aromatic heterocycles. The second kappa shape index (κ2) is 6.18. The van der Waals surface area contributed by atoms with Gasteiger partial charge in [-0.15, -0.1) is 0 Å². The maximum atomic E-state index is 4.73. The highest BCUT2D eigenvalue weighted by Gasteiger charge is 2.20. The van der Waals surface area contributed by atoms with E-state index in [1.165, 1.54) is 28.1 Å². The molecule has 5 heteroatoms. The molecule has 5 nitrogen and oxygen atoms in total. The van der Waals surface area contributed by atoms with Gasteiger partial charge >= 0.3 is 0 Å². The second-order valence-electron chi connectivity index (χ2n) is 7.06. The minimum absolute atomic E-state index is 0.834. The first-order chi connectivity index (χ1) is 12.8. The summed E-state index contributed by atoms with van der Waals surface area (Å²) in [6.07, 6.45) is 1.82. The molecule has 3 aromatic rings. The van der Waals surface area contributed by atoms with Gasteiger partial charge < -0.3 is 0 Å². The van der Waals surface area contributed by atoms with Crippen molar-refractivity contribution < 1.29 is 0 Å². The average molecular weight is 343 g/mol. The van der Waals surface area contributed by atoms with Crippen molar-refractivity contribution >= 4 is 5.71 Å². The maximum Gasteiger partial charge on any atom is 0.111 e. The normalized spacial score (nSPS) is 16.3. The lowest BCUT2D eigenvalue weighted by atomic mass is 10.0. The molecule has 2 aliphatic rings. The molecule has 0 unspecified atom stereocenters. The molecule has 0 aliphatic carbocycles. The van der Waals surface area contributed by atoms with Gasteiger partial charge in [-0.05, 0) is 42.3 Å². The van der Waals surface area contributed by atoms with E-state index in [4.69, 9.17) is 5.10 Å². The first-order valence-corrected chi connectivity index (χ1v) is 9.10. The molecule has 0 saturated carbocycles. The number of benzene rings is 1. The van der Waals surface area contributed by atoms with Gasteiger partial charge in [0, 0.05) is 37.1 Å². The summed E-state index contributed by atoms with van der Waals surface area (Å²) in [6, 6.07) is 14.9. The number of hydrogen-bond donors (Lipinski definition) is 0. The summed E-state index contributed by atoms with van der Waals surface area (Å²) in [4.78, 5) is 11.4. The fraction of sp³-hybridized carbons (Fsp3) is 0.286. The smallest absolute Gasteiger partial charge is 0.111 e. The van der Waals surface area contributed by atoms with Crippen LogP contribution in [0.2, 0.25) is 0 Å². The number of nitrogens with zero attached hydrogens (tertiary/aromatic N) is 5. The third-order valence-corrected chi connectivity index (χ3v) is 5.26. The van der Waals surface area contributed by atoms with Gasteiger partial charge in [-0.3, -0.25) is 19.6 Å². The summed E-state index contributed by atoms with van der Waals surface area (Å²) >= 11 is 0. The molecule has 1 aromatic carbocycles. The molecule has 26 heavy (non-hydrogen) atoms. The zero-order valence-electron chi connectivity index (χ0n) is 14.9. The Bertz CT molecular complexity index is 987. The molecule has 5 rings (SSSR count). The Balaban J connectivity index is 1.34. The van der Waals surface area contributed by atoms with E-state index in [-0.39, 0.29) is 0 Å². The molecule has 0 bridgehead atoms. The Hall–Kier alpha value is -2.79. The standard InChI is InChI=1S/C21H21N5/c1-15-19-10-16(5-6-17(19)12-23-15)13-25-8-9-26-18(14-25)11-21(24-26)20-4-2-3-7-22-20/h2-7,10-11H,8-9,12-14H2,1H3. The number of pyridine rings is 1. The monoisotopic (exact) mass is 343 g/mol. The third kappa shape index (κ3) is 2.74. The molecule has 0 spiro atoms. The lowest BCUT2D eigenvalue weighted by Gasteiger charge is -2.27. The summed E-state index contributed by atoms with van der Waals surface area (Å²) in [6.45, 7) is 6.76. The Kier molecular flexibility index (Phi) is 3.68. The van der Waals surface area contributed by atoms with Crippen LogP contribution in [-0.4, -0.2) is 31.9 Å². The molecule has 0 fully saturated rings. The number of fused-ring (bicyclic) bond motifs is 2. The highest BCUT2D eigenvalue weighted by molar-refractivity contribution is 6.02. The minimum Gasteiger partial charge on any atom is -0.291 e. The fourth-order valence-corrected chi connectivity index (χ4v) is 3.84. The van der Waals surface area contributed by atoms with Crippen molar-refractivity contribution in [2.24, 2.45) is 4.99 Å². The third-order valence-electron chi connectivity index (χ3n) is 5.26. The lowest BCUT2D eigenvalue weighted by molar-refractivity contribution is 0.205. The molecular weight excluding hydrogens is 322 g/mol. The molecule has 4 heterocycles. The minimum atomic E-state index is 0.834. The Morgan fingerprint density at radius 3 is 2.88 bits per heavy atom. The van der Waals surface area contributed by atoms with Crippen LogP contribution < -0.4 is 0 Å². The van der Waals surface area contributed by atoms with Crippen molar-refractivity contribution in [1.82, 2.24) is 19.7 Å². The van der Waals surface area contributed by atoms with E-state index in [9.17, 15) is 0 Å². The molecule has 2 aliphatic heterocycles. The summed E-state index contributed by atoms with van der Waals surface area (Å²) in [7, 11) is 0. The van der Waals surface area contributed by atoms with Gasteiger partial charge in [0.05, 0.1) is 24.5 Å². The molecule has 0 atom stereocenters. The largest absolute Gasteiger partial charge is 0.291 e. The van der Waals surface area contributed by atoms with Crippen molar-refractivity contribution in [3.8, 4) is 11.4 Å². The number of rotatable bonds is 3. The van der Waals surface area contributed by atoms with Crippen molar-refractivity contribution in [2.75, 3.05) is 6.54 Å². The van der Waals surface area contributed by atoms with Crippen molar-refractivity contribution in [3.63, 3.8) is 0 Å². The Morgan fingerprint density at radius 2 is 2.00 bits per heavy atom. The zero-order valence-corrected chi connectivity index (χ0v) is 14.9. The Morgan fingerprint density at radius 1 is 1.04 bits per heavy atom. The zero-order chi connectivity index (χ0) is 17.5. The summed E-state index contributed by atoms with van der Waals surface area (Å²) in [5, 5.41) is 4.73. The summed E-state index contributed by atoms with van der Waals surface area (Å²) in [5.74, 6) is 0.